The van der Waals surface area contributed by atoms with Gasteiger partial charge in [-0.15, -0.1) is 0 Å². The monoisotopic (exact) mass is 187 g/mol. The number of nitrogens with two attached hydrogens (primary N) is 1. The van der Waals surface area contributed by atoms with E-state index in [0.717, 1.165) is 19.3 Å². The summed E-state index contributed by atoms with van der Waals surface area (Å²) in [6, 6.07) is -0.0402. The smallest absolute Gasteiger partial charge is 0.307 e. The van der Waals surface area contributed by atoms with E-state index in [1.54, 1.807) is 0 Å². The number of carbonyl (C=O) groups excluding carboxylic acids is 1. The molecule has 0 aromatic rings. The fourth-order valence-corrected chi connectivity index (χ4v) is 1.04. The van der Waals surface area contributed by atoms with Gasteiger partial charge in [0.1, 0.15) is 0 Å². The minimum Gasteiger partial charge on any atom is -0.463 e. The van der Waals surface area contributed by atoms with Crippen molar-refractivity contribution < 1.29 is 9.53 Å². The van der Waals surface area contributed by atoms with Crippen LogP contribution in [0, 0.1) is 0 Å². The molecule has 0 radical (unpaired) electrons. The van der Waals surface area contributed by atoms with Crippen LogP contribution in [0.25, 0.3) is 0 Å². The molecular formula is C10H21NO2. The lowest BCUT2D eigenvalue weighted by molar-refractivity contribution is -0.148. The summed E-state index contributed by atoms with van der Waals surface area (Å²) < 4.78 is 5.10. The Bertz CT molecular complexity index is 148. The zero-order valence-corrected chi connectivity index (χ0v) is 8.88. The highest BCUT2D eigenvalue weighted by Gasteiger charge is 2.11. The molecule has 2 atom stereocenters. The molecule has 2 unspecified atom stereocenters. The summed E-state index contributed by atoms with van der Waals surface area (Å²) in [5, 5.41) is 0. The Morgan fingerprint density at radius 2 is 2.08 bits per heavy atom. The number of ether oxygens (including phenoxy) is 1. The molecular weight excluding hydrogens is 166 g/mol. The van der Waals surface area contributed by atoms with Crippen LogP contribution < -0.4 is 5.73 Å². The van der Waals surface area contributed by atoms with Gasteiger partial charge in [-0.1, -0.05) is 20.3 Å². The van der Waals surface area contributed by atoms with Gasteiger partial charge in [-0.25, -0.2) is 0 Å². The Balaban J connectivity index is 3.61. The summed E-state index contributed by atoms with van der Waals surface area (Å²) in [7, 11) is 0. The Morgan fingerprint density at radius 1 is 1.46 bits per heavy atom. The second kappa shape index (κ2) is 6.89. The van der Waals surface area contributed by atoms with Crippen LogP contribution in [0.15, 0.2) is 0 Å². The number of hydrogen-bond acceptors (Lipinski definition) is 3. The molecule has 0 saturated carbocycles. The molecule has 0 amide bonds. The average Bonchev–Trinajstić information content (AvgIpc) is 2.04. The Labute approximate surface area is 80.6 Å². The highest BCUT2D eigenvalue weighted by atomic mass is 16.5. The van der Waals surface area contributed by atoms with E-state index in [1.807, 2.05) is 13.8 Å². The predicted octanol–water partition coefficient (Wildman–Crippen LogP) is 1.85. The predicted molar refractivity (Wildman–Crippen MR) is 53.3 cm³/mol. The summed E-state index contributed by atoms with van der Waals surface area (Å²) in [4.78, 5) is 11.2. The zero-order valence-electron chi connectivity index (χ0n) is 8.88. The summed E-state index contributed by atoms with van der Waals surface area (Å²) in [6.45, 7) is 5.94. The molecule has 3 heteroatoms. The fraction of sp³-hybridized carbons (Fsp3) is 0.900. The Kier molecular flexibility index (Phi) is 6.59. The van der Waals surface area contributed by atoms with E-state index in [9.17, 15) is 4.79 Å². The minimum atomic E-state index is -0.171. The quantitative estimate of drug-likeness (QED) is 0.645. The minimum absolute atomic E-state index is 0.0151. The van der Waals surface area contributed by atoms with Gasteiger partial charge in [0.2, 0.25) is 0 Å². The van der Waals surface area contributed by atoms with Gasteiger partial charge in [0.15, 0.2) is 0 Å². The first kappa shape index (κ1) is 12.4. The molecule has 0 bridgehead atoms. The molecule has 78 valence electrons. The van der Waals surface area contributed by atoms with E-state index in [2.05, 4.69) is 6.92 Å². The standard InChI is InChI=1S/C10H21NO2/c1-4-6-9(11)7-10(12)13-8(3)5-2/h8-9H,4-7,11H2,1-3H3. The third kappa shape index (κ3) is 6.58. The highest BCUT2D eigenvalue weighted by molar-refractivity contribution is 5.70. The molecule has 0 aromatic carbocycles. The van der Waals surface area contributed by atoms with Crippen molar-refractivity contribution in [3.8, 4) is 0 Å². The van der Waals surface area contributed by atoms with Crippen LogP contribution in [0.3, 0.4) is 0 Å². The van der Waals surface area contributed by atoms with Gasteiger partial charge in [0, 0.05) is 6.04 Å². The lowest BCUT2D eigenvalue weighted by Gasteiger charge is -2.13. The van der Waals surface area contributed by atoms with Crippen LogP contribution in [0.4, 0.5) is 0 Å². The summed E-state index contributed by atoms with van der Waals surface area (Å²) in [5.74, 6) is -0.171. The number of carbonyl (C=O) groups is 1. The van der Waals surface area contributed by atoms with Gasteiger partial charge in [-0.05, 0) is 19.8 Å². The van der Waals surface area contributed by atoms with Crippen molar-refractivity contribution in [2.24, 2.45) is 5.73 Å². The lowest BCUT2D eigenvalue weighted by Crippen LogP contribution is -2.26. The molecule has 0 saturated heterocycles. The van der Waals surface area contributed by atoms with Gasteiger partial charge in [0.25, 0.3) is 0 Å². The molecule has 0 aromatic heterocycles. The molecule has 13 heavy (non-hydrogen) atoms. The molecule has 0 rings (SSSR count). The van der Waals surface area contributed by atoms with E-state index in [1.165, 1.54) is 0 Å². The third-order valence-electron chi connectivity index (χ3n) is 2.00. The molecule has 0 heterocycles. The Morgan fingerprint density at radius 3 is 2.54 bits per heavy atom. The van der Waals surface area contributed by atoms with Crippen LogP contribution in [0.2, 0.25) is 0 Å². The van der Waals surface area contributed by atoms with Crippen molar-refractivity contribution in [3.63, 3.8) is 0 Å². The highest BCUT2D eigenvalue weighted by Crippen LogP contribution is 2.03. The fourth-order valence-electron chi connectivity index (χ4n) is 1.04. The van der Waals surface area contributed by atoms with Gasteiger partial charge in [-0.3, -0.25) is 4.79 Å². The van der Waals surface area contributed by atoms with Gasteiger partial charge in [0.05, 0.1) is 12.5 Å². The topological polar surface area (TPSA) is 52.3 Å². The van der Waals surface area contributed by atoms with Crippen molar-refractivity contribution >= 4 is 5.97 Å². The molecule has 0 aliphatic rings. The second-order valence-electron chi connectivity index (χ2n) is 3.46. The number of rotatable bonds is 6. The van der Waals surface area contributed by atoms with Crippen molar-refractivity contribution in [2.45, 2.75) is 58.6 Å². The van der Waals surface area contributed by atoms with E-state index in [0.29, 0.717) is 6.42 Å². The zero-order chi connectivity index (χ0) is 10.3. The summed E-state index contributed by atoms with van der Waals surface area (Å²) >= 11 is 0. The Hall–Kier alpha value is -0.570. The van der Waals surface area contributed by atoms with Gasteiger partial charge < -0.3 is 10.5 Å². The first-order chi connectivity index (χ1) is 6.10. The molecule has 0 aliphatic heterocycles. The van der Waals surface area contributed by atoms with Crippen LogP contribution in [-0.2, 0) is 9.53 Å². The lowest BCUT2D eigenvalue weighted by atomic mass is 10.1. The van der Waals surface area contributed by atoms with Crippen molar-refractivity contribution in [3.05, 3.63) is 0 Å². The normalized spacial score (nSPS) is 15.1. The van der Waals surface area contributed by atoms with E-state index in [4.69, 9.17) is 10.5 Å². The first-order valence-electron chi connectivity index (χ1n) is 5.05. The van der Waals surface area contributed by atoms with Crippen LogP contribution in [-0.4, -0.2) is 18.1 Å². The number of esters is 1. The van der Waals surface area contributed by atoms with Gasteiger partial charge >= 0.3 is 5.97 Å². The molecule has 0 fully saturated rings. The molecule has 0 aliphatic carbocycles. The van der Waals surface area contributed by atoms with E-state index < -0.39 is 0 Å². The first-order valence-corrected chi connectivity index (χ1v) is 5.05. The van der Waals surface area contributed by atoms with Crippen LogP contribution in [0.1, 0.15) is 46.5 Å². The number of hydrogen-bond donors (Lipinski definition) is 1. The van der Waals surface area contributed by atoms with Crippen molar-refractivity contribution in [1.29, 1.82) is 0 Å². The molecule has 0 spiro atoms. The third-order valence-corrected chi connectivity index (χ3v) is 2.00. The maximum absolute atomic E-state index is 11.2. The van der Waals surface area contributed by atoms with Gasteiger partial charge in [-0.2, -0.15) is 0 Å². The maximum atomic E-state index is 11.2. The van der Waals surface area contributed by atoms with Crippen LogP contribution in [0.5, 0.6) is 0 Å². The largest absolute Gasteiger partial charge is 0.463 e. The van der Waals surface area contributed by atoms with Crippen molar-refractivity contribution in [1.82, 2.24) is 0 Å². The average molecular weight is 187 g/mol. The van der Waals surface area contributed by atoms with E-state index in [-0.39, 0.29) is 18.1 Å². The van der Waals surface area contributed by atoms with E-state index >= 15 is 0 Å². The summed E-state index contributed by atoms with van der Waals surface area (Å²) in [5.41, 5.74) is 5.70. The van der Waals surface area contributed by atoms with Crippen molar-refractivity contribution in [2.75, 3.05) is 0 Å². The maximum Gasteiger partial charge on any atom is 0.307 e. The molecule has 3 nitrogen and oxygen atoms in total. The SMILES string of the molecule is CCCC(N)CC(=O)OC(C)CC. The second-order valence-corrected chi connectivity index (χ2v) is 3.46. The van der Waals surface area contributed by atoms with Crippen LogP contribution >= 0.6 is 0 Å². The molecule has 2 N–H and O–H groups in total. The summed E-state index contributed by atoms with van der Waals surface area (Å²) in [6.07, 6.45) is 3.11.